The van der Waals surface area contributed by atoms with E-state index >= 15 is 0 Å². The highest BCUT2D eigenvalue weighted by Gasteiger charge is 2.22. The predicted octanol–water partition coefficient (Wildman–Crippen LogP) is 2.39. The molecule has 0 saturated heterocycles. The van der Waals surface area contributed by atoms with Crippen LogP contribution in [-0.2, 0) is 22.6 Å². The van der Waals surface area contributed by atoms with Gasteiger partial charge >= 0.3 is 6.09 Å². The molecule has 0 spiro atoms. The summed E-state index contributed by atoms with van der Waals surface area (Å²) < 4.78 is 5.20. The number of nitrogens with one attached hydrogen (secondary N) is 3. The molecule has 0 aromatic heterocycles. The Morgan fingerprint density at radius 3 is 2.30 bits per heavy atom. The highest BCUT2D eigenvalue weighted by molar-refractivity contribution is 5.80. The maximum Gasteiger partial charge on any atom is 0.407 e. The molecule has 0 fully saturated rings. The molecule has 0 unspecified atom stereocenters. The van der Waals surface area contributed by atoms with Crippen LogP contribution in [0.3, 0.4) is 0 Å². The molecule has 3 N–H and O–H groups in total. The van der Waals surface area contributed by atoms with E-state index in [1.54, 1.807) is 0 Å². The van der Waals surface area contributed by atoms with Gasteiger partial charge in [-0.3, -0.25) is 9.79 Å². The summed E-state index contributed by atoms with van der Waals surface area (Å²) in [4.78, 5) is 30.5. The van der Waals surface area contributed by atoms with Crippen molar-refractivity contribution >= 4 is 18.0 Å². The third-order valence-electron chi connectivity index (χ3n) is 4.44. The molecular weight excluding hydrogens is 382 g/mol. The Labute approximate surface area is 179 Å². The first-order chi connectivity index (χ1) is 14.3. The Balaban J connectivity index is 1.66. The molecule has 166 valence electrons. The number of rotatable bonds is 8. The molecule has 8 nitrogen and oxygen atoms in total. The van der Waals surface area contributed by atoms with Gasteiger partial charge in [0.25, 0.3) is 0 Å². The lowest BCUT2D eigenvalue weighted by atomic mass is 10.1. The molecule has 8 heteroatoms. The average molecular weight is 418 g/mol. The number of guanidine groups is 1. The van der Waals surface area contributed by atoms with E-state index in [4.69, 9.17) is 4.74 Å². The monoisotopic (exact) mass is 417 g/mol. The minimum atomic E-state index is -0.511. The van der Waals surface area contributed by atoms with Crippen LogP contribution in [0.1, 0.15) is 51.7 Å². The Morgan fingerprint density at radius 1 is 1.07 bits per heavy atom. The molecule has 1 aromatic rings. The van der Waals surface area contributed by atoms with E-state index in [1.807, 2.05) is 44.7 Å². The van der Waals surface area contributed by atoms with Crippen molar-refractivity contribution in [3.63, 3.8) is 0 Å². The zero-order valence-electron chi connectivity index (χ0n) is 18.6. The zero-order valence-corrected chi connectivity index (χ0v) is 18.6. The van der Waals surface area contributed by atoms with Crippen LogP contribution < -0.4 is 16.0 Å². The summed E-state index contributed by atoms with van der Waals surface area (Å²) in [6.07, 6.45) is 0.740. The summed E-state index contributed by atoms with van der Waals surface area (Å²) in [7, 11) is 0. The minimum Gasteiger partial charge on any atom is -0.444 e. The fraction of sp³-hybridized carbons (Fsp3) is 0.591. The molecular formula is C22H35N5O3. The minimum absolute atomic E-state index is 0.168. The zero-order chi connectivity index (χ0) is 22.0. The van der Waals surface area contributed by atoms with Crippen molar-refractivity contribution in [1.82, 2.24) is 20.9 Å². The maximum absolute atomic E-state index is 12.5. The van der Waals surface area contributed by atoms with Gasteiger partial charge in [0.15, 0.2) is 5.96 Å². The van der Waals surface area contributed by atoms with E-state index in [9.17, 15) is 9.59 Å². The third kappa shape index (κ3) is 8.31. The Kier molecular flexibility index (Phi) is 8.95. The normalized spacial score (nSPS) is 13.6. The highest BCUT2D eigenvalue weighted by Crippen LogP contribution is 2.22. The van der Waals surface area contributed by atoms with Crippen molar-refractivity contribution in [3.8, 4) is 0 Å². The maximum atomic E-state index is 12.5. The van der Waals surface area contributed by atoms with Gasteiger partial charge in [-0.25, -0.2) is 4.79 Å². The molecule has 1 aromatic carbocycles. The van der Waals surface area contributed by atoms with E-state index in [0.29, 0.717) is 51.5 Å². The van der Waals surface area contributed by atoms with E-state index in [-0.39, 0.29) is 5.91 Å². The van der Waals surface area contributed by atoms with Crippen molar-refractivity contribution in [1.29, 1.82) is 0 Å². The van der Waals surface area contributed by atoms with E-state index < -0.39 is 11.7 Å². The molecule has 0 aliphatic carbocycles. The van der Waals surface area contributed by atoms with Crippen LogP contribution in [0.4, 0.5) is 4.79 Å². The SMILES string of the molecule is CCNC(=NCCCC(=O)N1Cc2ccccc2C1)NCCNC(=O)OC(C)(C)C. The Hall–Kier alpha value is -2.77. The summed E-state index contributed by atoms with van der Waals surface area (Å²) in [5, 5.41) is 9.03. The van der Waals surface area contributed by atoms with Gasteiger partial charge in [0.05, 0.1) is 0 Å². The summed E-state index contributed by atoms with van der Waals surface area (Å²) in [6.45, 7) is 11.1. The van der Waals surface area contributed by atoms with Crippen LogP contribution in [0, 0.1) is 0 Å². The van der Waals surface area contributed by atoms with Crippen LogP contribution >= 0.6 is 0 Å². The summed E-state index contributed by atoms with van der Waals surface area (Å²) >= 11 is 0. The fourth-order valence-electron chi connectivity index (χ4n) is 3.09. The number of hydrogen-bond donors (Lipinski definition) is 3. The number of nitrogens with zero attached hydrogens (tertiary/aromatic N) is 2. The largest absolute Gasteiger partial charge is 0.444 e. The quantitative estimate of drug-likeness (QED) is 0.343. The Morgan fingerprint density at radius 2 is 1.70 bits per heavy atom. The lowest BCUT2D eigenvalue weighted by molar-refractivity contribution is -0.131. The second kappa shape index (κ2) is 11.4. The number of alkyl carbamates (subject to hydrolysis) is 1. The smallest absolute Gasteiger partial charge is 0.407 e. The molecule has 1 heterocycles. The van der Waals surface area contributed by atoms with Gasteiger partial charge in [0.1, 0.15) is 5.60 Å². The average Bonchev–Trinajstić information content (AvgIpc) is 3.11. The topological polar surface area (TPSA) is 95.1 Å². The van der Waals surface area contributed by atoms with Crippen LogP contribution in [0.2, 0.25) is 0 Å². The van der Waals surface area contributed by atoms with Crippen molar-refractivity contribution in [2.75, 3.05) is 26.2 Å². The molecule has 0 atom stereocenters. The summed E-state index contributed by atoms with van der Waals surface area (Å²) in [6, 6.07) is 8.19. The first kappa shape index (κ1) is 23.5. The number of benzene rings is 1. The van der Waals surface area contributed by atoms with E-state index in [0.717, 1.165) is 6.54 Å². The van der Waals surface area contributed by atoms with Gasteiger partial charge in [-0.15, -0.1) is 0 Å². The second-order valence-electron chi connectivity index (χ2n) is 8.24. The molecule has 1 aliphatic rings. The van der Waals surface area contributed by atoms with Gasteiger partial charge in [0, 0.05) is 45.7 Å². The first-order valence-corrected chi connectivity index (χ1v) is 10.6. The van der Waals surface area contributed by atoms with Gasteiger partial charge in [0.2, 0.25) is 5.91 Å². The fourth-order valence-corrected chi connectivity index (χ4v) is 3.09. The number of amides is 2. The molecule has 0 bridgehead atoms. The van der Waals surface area contributed by atoms with E-state index in [2.05, 4.69) is 33.1 Å². The van der Waals surface area contributed by atoms with Crippen LogP contribution in [0.5, 0.6) is 0 Å². The van der Waals surface area contributed by atoms with Gasteiger partial charge < -0.3 is 25.6 Å². The summed E-state index contributed by atoms with van der Waals surface area (Å²) in [5.74, 6) is 0.838. The van der Waals surface area contributed by atoms with Gasteiger partial charge in [-0.05, 0) is 45.2 Å². The second-order valence-corrected chi connectivity index (χ2v) is 8.24. The number of carbonyl (C=O) groups excluding carboxylic acids is 2. The van der Waals surface area contributed by atoms with Crippen LogP contribution in [0.25, 0.3) is 0 Å². The standard InChI is InChI=1S/C22H35N5O3/c1-5-23-20(25-13-14-26-21(29)30-22(2,3)4)24-12-8-11-19(28)27-15-17-9-6-7-10-18(17)16-27/h6-7,9-10H,5,8,11-16H2,1-4H3,(H,26,29)(H2,23,24,25). The molecule has 30 heavy (non-hydrogen) atoms. The number of hydrogen-bond acceptors (Lipinski definition) is 4. The van der Waals surface area contributed by atoms with E-state index in [1.165, 1.54) is 11.1 Å². The number of carbonyl (C=O) groups is 2. The molecule has 2 rings (SSSR count). The van der Waals surface area contributed by atoms with Crippen molar-refractivity contribution in [2.24, 2.45) is 4.99 Å². The summed E-state index contributed by atoms with van der Waals surface area (Å²) in [5.41, 5.74) is 1.97. The molecule has 2 amide bonds. The Bertz CT molecular complexity index is 718. The van der Waals surface area contributed by atoms with Crippen molar-refractivity contribution < 1.29 is 14.3 Å². The lowest BCUT2D eigenvalue weighted by Crippen LogP contribution is -2.42. The van der Waals surface area contributed by atoms with Crippen LogP contribution in [0.15, 0.2) is 29.3 Å². The molecule has 1 aliphatic heterocycles. The highest BCUT2D eigenvalue weighted by atomic mass is 16.6. The molecule has 0 saturated carbocycles. The van der Waals surface area contributed by atoms with Gasteiger partial charge in [-0.1, -0.05) is 24.3 Å². The number of ether oxygens (including phenoxy) is 1. The van der Waals surface area contributed by atoms with Crippen molar-refractivity contribution in [3.05, 3.63) is 35.4 Å². The predicted molar refractivity (Wildman–Crippen MR) is 118 cm³/mol. The number of fused-ring (bicyclic) bond motifs is 1. The van der Waals surface area contributed by atoms with Crippen LogP contribution in [-0.4, -0.2) is 54.6 Å². The van der Waals surface area contributed by atoms with Crippen molar-refractivity contribution in [2.45, 2.75) is 59.2 Å². The lowest BCUT2D eigenvalue weighted by Gasteiger charge is -2.20. The van der Waals surface area contributed by atoms with Gasteiger partial charge in [-0.2, -0.15) is 0 Å². The molecule has 0 radical (unpaired) electrons. The number of aliphatic imine (C=N–C) groups is 1. The first-order valence-electron chi connectivity index (χ1n) is 10.6. The third-order valence-corrected chi connectivity index (χ3v) is 4.44.